The molecule has 21 heteroatoms. The summed E-state index contributed by atoms with van der Waals surface area (Å²) in [5.41, 5.74) is 5.01. The maximum Gasteiger partial charge on any atom is 0.402 e. The van der Waals surface area contributed by atoms with Crippen LogP contribution >= 0.6 is 23.5 Å². The molecule has 1 aromatic rings. The van der Waals surface area contributed by atoms with E-state index >= 15 is 0 Å². The molecule has 3 rings (SSSR count). The zero-order valence-corrected chi connectivity index (χ0v) is 20.9. The Balaban J connectivity index is 1.64. The number of carbonyl (C=O) groups is 4. The summed E-state index contributed by atoms with van der Waals surface area (Å²) >= 11 is 2.16. The number of tetrazole rings is 1. The molecule has 0 aliphatic carbocycles. The number of aromatic nitrogens is 4. The minimum Gasteiger partial charge on any atom is -0.477 e. The summed E-state index contributed by atoms with van der Waals surface area (Å²) in [5, 5.41) is 24.7. The molecule has 0 bridgehead atoms. The molecule has 37 heavy (non-hydrogen) atoms. The van der Waals surface area contributed by atoms with Crippen LogP contribution in [0.4, 0.5) is 18.0 Å². The maximum absolute atomic E-state index is 12.6. The smallest absolute Gasteiger partial charge is 0.402 e. The third kappa shape index (κ3) is 7.25. The van der Waals surface area contributed by atoms with Crippen LogP contribution in [0.25, 0.3) is 0 Å². The molecule has 3 heterocycles. The molecule has 0 saturated carbocycles. The summed E-state index contributed by atoms with van der Waals surface area (Å²) in [7, 11) is -4.81. The minimum atomic E-state index is -5.03. The van der Waals surface area contributed by atoms with E-state index in [1.54, 1.807) is 0 Å². The number of fused-ring (bicyclic) bond motifs is 1. The molecular weight excluding hydrogens is 569 g/mol. The first-order valence-corrected chi connectivity index (χ1v) is 13.9. The summed E-state index contributed by atoms with van der Waals surface area (Å²) in [5.74, 6) is -7.04. The SMILES string of the molecule is NC(=O)NCCn1nnnc1SCC1=C(C(=O)O)N2C(=O)C(NC(=O)CS(=O)(=O)CC(F)(F)F)[C@H]2SC1. The number of rotatable bonds is 11. The second kappa shape index (κ2) is 11.1. The molecule has 0 radical (unpaired) electrons. The molecule has 4 amide bonds. The molecule has 0 spiro atoms. The number of alkyl halides is 3. The van der Waals surface area contributed by atoms with Crippen LogP contribution < -0.4 is 16.4 Å². The molecule has 1 aromatic heterocycles. The largest absolute Gasteiger partial charge is 0.477 e. The highest BCUT2D eigenvalue weighted by molar-refractivity contribution is 8.01. The van der Waals surface area contributed by atoms with E-state index in [1.807, 2.05) is 0 Å². The zero-order chi connectivity index (χ0) is 27.5. The number of primary amides is 1. The number of amides is 4. The molecule has 15 nitrogen and oxygen atoms in total. The number of thioether (sulfide) groups is 2. The van der Waals surface area contributed by atoms with Crippen molar-refractivity contribution in [2.75, 3.05) is 29.6 Å². The van der Waals surface area contributed by atoms with Crippen LogP contribution in [-0.2, 0) is 30.8 Å². The van der Waals surface area contributed by atoms with Crippen LogP contribution in [0.2, 0.25) is 0 Å². The first-order valence-electron chi connectivity index (χ1n) is 10.1. The number of nitrogens with zero attached hydrogens (tertiary/aromatic N) is 5. The van der Waals surface area contributed by atoms with Gasteiger partial charge in [-0.3, -0.25) is 14.5 Å². The van der Waals surface area contributed by atoms with Crippen LogP contribution in [0.5, 0.6) is 0 Å². The summed E-state index contributed by atoms with van der Waals surface area (Å²) in [6.45, 7) is 0.325. The first-order chi connectivity index (χ1) is 17.2. The molecule has 2 atom stereocenters. The fraction of sp³-hybridized carbons (Fsp3) is 0.562. The summed E-state index contributed by atoms with van der Waals surface area (Å²) < 4.78 is 61.6. The number of β-lactam (4-membered cyclic amide) rings is 1. The van der Waals surface area contributed by atoms with E-state index in [4.69, 9.17) is 5.73 Å². The van der Waals surface area contributed by atoms with Crippen molar-refractivity contribution in [2.45, 2.75) is 29.3 Å². The number of sulfone groups is 1. The van der Waals surface area contributed by atoms with Crippen molar-refractivity contribution in [3.8, 4) is 0 Å². The first kappa shape index (κ1) is 28.5. The van der Waals surface area contributed by atoms with Gasteiger partial charge in [0.1, 0.15) is 28.6 Å². The topological polar surface area (TPSA) is 220 Å². The van der Waals surface area contributed by atoms with Gasteiger partial charge in [0.05, 0.1) is 6.54 Å². The Morgan fingerprint density at radius 3 is 2.62 bits per heavy atom. The molecule has 1 saturated heterocycles. The molecule has 0 aromatic carbocycles. The average Bonchev–Trinajstić information content (AvgIpc) is 3.20. The van der Waals surface area contributed by atoms with Crippen LogP contribution in [0.1, 0.15) is 0 Å². The highest BCUT2D eigenvalue weighted by atomic mass is 32.2. The van der Waals surface area contributed by atoms with Gasteiger partial charge in [0.25, 0.3) is 5.91 Å². The van der Waals surface area contributed by atoms with E-state index in [1.165, 1.54) is 4.68 Å². The summed E-state index contributed by atoms with van der Waals surface area (Å²) in [6.07, 6.45) is -5.03. The predicted molar refractivity (Wildman–Crippen MR) is 121 cm³/mol. The van der Waals surface area contributed by atoms with Crippen molar-refractivity contribution in [1.29, 1.82) is 0 Å². The second-order valence-corrected chi connectivity index (χ2v) is 11.7. The number of nitrogens with two attached hydrogens (primary N) is 1. The third-order valence-electron chi connectivity index (χ3n) is 4.80. The van der Waals surface area contributed by atoms with E-state index in [9.17, 15) is 45.9 Å². The van der Waals surface area contributed by atoms with Gasteiger partial charge in [0.2, 0.25) is 11.1 Å². The summed E-state index contributed by atoms with van der Waals surface area (Å²) in [6, 6.07) is -2.03. The van der Waals surface area contributed by atoms with Gasteiger partial charge in [-0.2, -0.15) is 13.2 Å². The van der Waals surface area contributed by atoms with E-state index in [-0.39, 0.29) is 30.3 Å². The number of hydrogen-bond donors (Lipinski definition) is 4. The molecule has 2 aliphatic rings. The van der Waals surface area contributed by atoms with Crippen LogP contribution in [-0.4, -0.2) is 110 Å². The van der Waals surface area contributed by atoms with Gasteiger partial charge in [-0.05, 0) is 16.0 Å². The number of carbonyl (C=O) groups excluding carboxylic acids is 3. The number of halogens is 3. The van der Waals surface area contributed by atoms with Crippen molar-refractivity contribution >= 4 is 57.2 Å². The number of urea groups is 1. The predicted octanol–water partition coefficient (Wildman–Crippen LogP) is -1.85. The molecular formula is C16H19F3N8O7S3. The Kier molecular flexibility index (Phi) is 8.57. The van der Waals surface area contributed by atoms with Crippen molar-refractivity contribution in [1.82, 2.24) is 35.7 Å². The highest BCUT2D eigenvalue weighted by Gasteiger charge is 2.54. The quantitative estimate of drug-likeness (QED) is 0.165. The monoisotopic (exact) mass is 588 g/mol. The number of aliphatic carboxylic acids is 1. The van der Waals surface area contributed by atoms with Gasteiger partial charge in [-0.25, -0.2) is 22.7 Å². The summed E-state index contributed by atoms with van der Waals surface area (Å²) in [4.78, 5) is 48.3. The van der Waals surface area contributed by atoms with E-state index in [0.29, 0.717) is 10.7 Å². The molecule has 1 unspecified atom stereocenters. The average molecular weight is 589 g/mol. The number of hydrogen-bond acceptors (Lipinski definition) is 11. The normalized spacial score (nSPS) is 19.8. The van der Waals surface area contributed by atoms with E-state index in [2.05, 4.69) is 26.2 Å². The van der Waals surface area contributed by atoms with Gasteiger partial charge >= 0.3 is 18.2 Å². The lowest BCUT2D eigenvalue weighted by molar-refractivity contribution is -0.150. The number of nitrogens with one attached hydrogen (secondary N) is 2. The molecule has 204 valence electrons. The van der Waals surface area contributed by atoms with Crippen molar-refractivity contribution in [3.05, 3.63) is 11.3 Å². The molecule has 5 N–H and O–H groups in total. The lowest BCUT2D eigenvalue weighted by Gasteiger charge is -2.49. The van der Waals surface area contributed by atoms with Gasteiger partial charge in [0.15, 0.2) is 9.84 Å². The van der Waals surface area contributed by atoms with Crippen molar-refractivity contribution in [2.24, 2.45) is 5.73 Å². The van der Waals surface area contributed by atoms with Crippen LogP contribution in [0.15, 0.2) is 16.4 Å². The second-order valence-electron chi connectivity index (χ2n) is 7.62. The minimum absolute atomic E-state index is 0.0709. The Hall–Kier alpha value is -3.07. The Morgan fingerprint density at radius 2 is 2.00 bits per heavy atom. The molecule has 1 fully saturated rings. The van der Waals surface area contributed by atoms with E-state index < -0.39 is 62.7 Å². The van der Waals surface area contributed by atoms with Gasteiger partial charge < -0.3 is 21.5 Å². The Labute approximate surface area is 214 Å². The van der Waals surface area contributed by atoms with Crippen molar-refractivity contribution < 1.29 is 45.9 Å². The van der Waals surface area contributed by atoms with Gasteiger partial charge in [0, 0.05) is 18.1 Å². The third-order valence-corrected chi connectivity index (χ3v) is 8.65. The lowest BCUT2D eigenvalue weighted by atomic mass is 10.0. The molecule has 2 aliphatic heterocycles. The lowest BCUT2D eigenvalue weighted by Crippen LogP contribution is -2.71. The van der Waals surface area contributed by atoms with Crippen LogP contribution in [0.3, 0.4) is 0 Å². The highest BCUT2D eigenvalue weighted by Crippen LogP contribution is 2.41. The fourth-order valence-electron chi connectivity index (χ4n) is 3.39. The standard InChI is InChI=1S/C16H19F3N8O7S3/c17-16(18,19)6-37(33,34)5-8(28)22-9-11(29)27-10(13(30)31)7(3-35-12(9)27)4-36-15-23-24-25-26(15)2-1-21-14(20)32/h9,12H,1-6H2,(H,22,28)(H,30,31)(H3,20,21,32)/t9?,12-/m1/s1. The Morgan fingerprint density at radius 1 is 1.30 bits per heavy atom. The Bertz CT molecular complexity index is 1240. The van der Waals surface area contributed by atoms with Gasteiger partial charge in [-0.1, -0.05) is 11.8 Å². The fourth-order valence-corrected chi connectivity index (χ4v) is 6.86. The van der Waals surface area contributed by atoms with Crippen molar-refractivity contribution in [3.63, 3.8) is 0 Å². The maximum atomic E-state index is 12.6. The van der Waals surface area contributed by atoms with Crippen LogP contribution in [0, 0.1) is 0 Å². The number of carboxylic acid groups (broad SMARTS) is 1. The van der Waals surface area contributed by atoms with E-state index in [0.717, 1.165) is 28.4 Å². The van der Waals surface area contributed by atoms with Gasteiger partial charge in [-0.15, -0.1) is 16.9 Å². The number of carboxylic acids is 1. The zero-order valence-electron chi connectivity index (χ0n) is 18.5.